The van der Waals surface area contributed by atoms with Gasteiger partial charge in [-0.2, -0.15) is 0 Å². The average Bonchev–Trinajstić information content (AvgIpc) is 2.28. The normalized spacial score (nSPS) is 11.3. The van der Waals surface area contributed by atoms with Crippen molar-refractivity contribution < 1.29 is 13.2 Å². The van der Waals surface area contributed by atoms with Crippen molar-refractivity contribution in [3.05, 3.63) is 28.8 Å². The van der Waals surface area contributed by atoms with Crippen molar-refractivity contribution in [2.24, 2.45) is 0 Å². The first-order valence-corrected chi connectivity index (χ1v) is 6.60. The van der Waals surface area contributed by atoms with Crippen LogP contribution in [0.1, 0.15) is 10.4 Å². The van der Waals surface area contributed by atoms with Gasteiger partial charge < -0.3 is 4.90 Å². The first-order valence-electron chi connectivity index (χ1n) is 4.74. The number of hydrogen-bond donors (Lipinski definition) is 1. The molecule has 0 aliphatic rings. The van der Waals surface area contributed by atoms with E-state index in [9.17, 15) is 13.2 Å². The van der Waals surface area contributed by atoms with Crippen molar-refractivity contribution >= 4 is 27.5 Å². The zero-order valence-electron chi connectivity index (χ0n) is 9.69. The Morgan fingerprint density at radius 1 is 1.35 bits per heavy atom. The topological polar surface area (TPSA) is 66.5 Å². The summed E-state index contributed by atoms with van der Waals surface area (Å²) in [4.78, 5) is 13.1. The van der Waals surface area contributed by atoms with Crippen LogP contribution < -0.4 is 4.72 Å². The molecule has 1 aromatic carbocycles. The third-order valence-electron chi connectivity index (χ3n) is 2.15. The predicted octanol–water partition coefficient (Wildman–Crippen LogP) is 0.950. The van der Waals surface area contributed by atoms with Crippen LogP contribution in [0.5, 0.6) is 0 Å². The molecule has 94 valence electrons. The van der Waals surface area contributed by atoms with E-state index in [0.717, 1.165) is 0 Å². The van der Waals surface area contributed by atoms with Crippen LogP contribution in [0.15, 0.2) is 23.1 Å². The second kappa shape index (κ2) is 5.03. The molecule has 0 radical (unpaired) electrons. The molecule has 0 spiro atoms. The van der Waals surface area contributed by atoms with Crippen LogP contribution in [0.25, 0.3) is 0 Å². The standard InChI is InChI=1S/C10H13ClN2O3S/c1-12-17(15,16)7-4-5-9(11)8(6-7)10(14)13(2)3/h4-6,12H,1-3H3. The number of carbonyl (C=O) groups excluding carboxylic acids is 1. The molecule has 7 heteroatoms. The Morgan fingerprint density at radius 3 is 2.41 bits per heavy atom. The minimum atomic E-state index is -3.58. The maximum Gasteiger partial charge on any atom is 0.254 e. The molecule has 0 saturated heterocycles. The second-order valence-electron chi connectivity index (χ2n) is 3.55. The Balaban J connectivity index is 3.35. The van der Waals surface area contributed by atoms with Gasteiger partial charge in [-0.3, -0.25) is 4.79 Å². The minimum Gasteiger partial charge on any atom is -0.345 e. The molecular weight excluding hydrogens is 264 g/mol. The van der Waals surface area contributed by atoms with E-state index in [0.29, 0.717) is 0 Å². The summed E-state index contributed by atoms with van der Waals surface area (Å²) in [5, 5.41) is 0.221. The highest BCUT2D eigenvalue weighted by Gasteiger charge is 2.18. The van der Waals surface area contributed by atoms with E-state index >= 15 is 0 Å². The lowest BCUT2D eigenvalue weighted by Gasteiger charge is -2.12. The fraction of sp³-hybridized carbons (Fsp3) is 0.300. The quantitative estimate of drug-likeness (QED) is 0.894. The largest absolute Gasteiger partial charge is 0.345 e. The van der Waals surface area contributed by atoms with E-state index in [1.807, 2.05) is 0 Å². The predicted molar refractivity (Wildman–Crippen MR) is 65.7 cm³/mol. The molecule has 1 rings (SSSR count). The van der Waals surface area contributed by atoms with E-state index in [1.54, 1.807) is 14.1 Å². The zero-order valence-corrected chi connectivity index (χ0v) is 11.3. The summed E-state index contributed by atoms with van der Waals surface area (Å²) < 4.78 is 25.3. The highest BCUT2D eigenvalue weighted by atomic mass is 35.5. The Bertz CT molecular complexity index is 540. The molecule has 17 heavy (non-hydrogen) atoms. The summed E-state index contributed by atoms with van der Waals surface area (Å²) in [7, 11) is 0.862. The van der Waals surface area contributed by atoms with Crippen molar-refractivity contribution in [3.8, 4) is 0 Å². The van der Waals surface area contributed by atoms with Crippen molar-refractivity contribution in [2.75, 3.05) is 21.1 Å². The maximum atomic E-state index is 11.8. The third kappa shape index (κ3) is 2.96. The van der Waals surface area contributed by atoms with Crippen LogP contribution in [0.2, 0.25) is 5.02 Å². The van der Waals surface area contributed by atoms with Gasteiger partial charge in [-0.1, -0.05) is 11.6 Å². The van der Waals surface area contributed by atoms with Crippen molar-refractivity contribution in [1.29, 1.82) is 0 Å². The van der Waals surface area contributed by atoms with Gasteiger partial charge in [-0.15, -0.1) is 0 Å². The number of carbonyl (C=O) groups is 1. The van der Waals surface area contributed by atoms with Crippen LogP contribution in [0.3, 0.4) is 0 Å². The SMILES string of the molecule is CNS(=O)(=O)c1ccc(Cl)c(C(=O)N(C)C)c1. The molecule has 0 fully saturated rings. The van der Waals surface area contributed by atoms with Crippen molar-refractivity contribution in [3.63, 3.8) is 0 Å². The van der Waals surface area contributed by atoms with Gasteiger partial charge in [-0.25, -0.2) is 13.1 Å². The fourth-order valence-corrected chi connectivity index (χ4v) is 2.15. The molecule has 0 aliphatic carbocycles. The van der Waals surface area contributed by atoms with Crippen molar-refractivity contribution in [1.82, 2.24) is 9.62 Å². The lowest BCUT2D eigenvalue weighted by molar-refractivity contribution is 0.0827. The number of nitrogens with one attached hydrogen (secondary N) is 1. The number of amides is 1. The molecule has 5 nitrogen and oxygen atoms in total. The number of sulfonamides is 1. The summed E-state index contributed by atoms with van der Waals surface area (Å²) in [6, 6.07) is 4.00. The van der Waals surface area contributed by atoms with E-state index in [-0.39, 0.29) is 21.4 Å². The van der Waals surface area contributed by atoms with Crippen LogP contribution in [-0.2, 0) is 10.0 Å². The summed E-state index contributed by atoms with van der Waals surface area (Å²) >= 11 is 5.87. The van der Waals surface area contributed by atoms with Gasteiger partial charge in [0.2, 0.25) is 10.0 Å². The highest BCUT2D eigenvalue weighted by Crippen LogP contribution is 2.21. The lowest BCUT2D eigenvalue weighted by Crippen LogP contribution is -2.23. The monoisotopic (exact) mass is 276 g/mol. The Kier molecular flexibility index (Phi) is 4.13. The summed E-state index contributed by atoms with van der Waals surface area (Å²) in [6.07, 6.45) is 0. The molecule has 0 bridgehead atoms. The number of rotatable bonds is 3. The molecule has 0 unspecified atom stereocenters. The second-order valence-corrected chi connectivity index (χ2v) is 5.84. The molecule has 0 atom stereocenters. The fourth-order valence-electron chi connectivity index (χ4n) is 1.19. The molecule has 1 amide bonds. The molecule has 0 aromatic heterocycles. The number of benzene rings is 1. The first kappa shape index (κ1) is 14.0. The third-order valence-corrected chi connectivity index (χ3v) is 3.90. The van der Waals surface area contributed by atoms with E-state index in [1.165, 1.54) is 30.1 Å². The van der Waals surface area contributed by atoms with Crippen LogP contribution >= 0.6 is 11.6 Å². The summed E-state index contributed by atoms with van der Waals surface area (Å²) in [6.45, 7) is 0. The first-order chi connectivity index (χ1) is 7.79. The number of hydrogen-bond acceptors (Lipinski definition) is 3. The van der Waals surface area contributed by atoms with Gasteiger partial charge in [0.1, 0.15) is 0 Å². The van der Waals surface area contributed by atoms with Gasteiger partial charge in [0.25, 0.3) is 5.91 Å². The van der Waals surface area contributed by atoms with Gasteiger partial charge >= 0.3 is 0 Å². The van der Waals surface area contributed by atoms with Crippen molar-refractivity contribution in [2.45, 2.75) is 4.90 Å². The smallest absolute Gasteiger partial charge is 0.254 e. The molecule has 0 heterocycles. The molecule has 0 saturated carbocycles. The maximum absolute atomic E-state index is 11.8. The average molecular weight is 277 g/mol. The van der Waals surface area contributed by atoms with Gasteiger partial charge in [0.15, 0.2) is 0 Å². The Hall–Kier alpha value is -1.11. The van der Waals surface area contributed by atoms with Gasteiger partial charge in [-0.05, 0) is 25.2 Å². The molecule has 1 aromatic rings. The van der Waals surface area contributed by atoms with E-state index < -0.39 is 10.0 Å². The van der Waals surface area contributed by atoms with E-state index in [4.69, 9.17) is 11.6 Å². The Morgan fingerprint density at radius 2 is 1.94 bits per heavy atom. The van der Waals surface area contributed by atoms with Gasteiger partial charge in [0.05, 0.1) is 15.5 Å². The summed E-state index contributed by atoms with van der Waals surface area (Å²) in [5.74, 6) is -0.344. The number of halogens is 1. The minimum absolute atomic E-state index is 0.00889. The van der Waals surface area contributed by atoms with E-state index in [2.05, 4.69) is 4.72 Å². The lowest BCUT2D eigenvalue weighted by atomic mass is 10.2. The highest BCUT2D eigenvalue weighted by molar-refractivity contribution is 7.89. The molecular formula is C10H13ClN2O3S. The van der Waals surface area contributed by atoms with Crippen LogP contribution in [0, 0.1) is 0 Å². The Labute approximate surface area is 105 Å². The zero-order chi connectivity index (χ0) is 13.2. The van der Waals surface area contributed by atoms with Crippen LogP contribution in [0.4, 0.5) is 0 Å². The van der Waals surface area contributed by atoms with Gasteiger partial charge in [0, 0.05) is 14.1 Å². The van der Waals surface area contributed by atoms with Crippen LogP contribution in [-0.4, -0.2) is 40.4 Å². The molecule has 1 N–H and O–H groups in total. The summed E-state index contributed by atoms with van der Waals surface area (Å²) in [5.41, 5.74) is 0.160. The molecule has 0 aliphatic heterocycles. The number of nitrogens with zero attached hydrogens (tertiary/aromatic N) is 1.